The summed E-state index contributed by atoms with van der Waals surface area (Å²) < 4.78 is 1.92. The Kier molecular flexibility index (Phi) is 5.35. The molecule has 1 amide bonds. The fraction of sp³-hybridized carbons (Fsp3) is 0.381. The van der Waals surface area contributed by atoms with Crippen molar-refractivity contribution in [3.8, 4) is 0 Å². The molecule has 1 heterocycles. The number of amides is 1. The largest absolute Gasteiger partial charge is 0.346 e. The van der Waals surface area contributed by atoms with Crippen LogP contribution in [-0.4, -0.2) is 21.2 Å². The number of rotatable bonds is 6. The Hall–Kier alpha value is -2.69. The molecule has 26 heavy (non-hydrogen) atoms. The third-order valence-corrected chi connectivity index (χ3v) is 4.88. The van der Waals surface area contributed by atoms with E-state index in [0.29, 0.717) is 18.4 Å². The first kappa shape index (κ1) is 18.1. The van der Waals surface area contributed by atoms with E-state index >= 15 is 0 Å². The van der Waals surface area contributed by atoms with Crippen LogP contribution in [0.2, 0.25) is 0 Å². The summed E-state index contributed by atoms with van der Waals surface area (Å²) >= 11 is 0. The van der Waals surface area contributed by atoms with Crippen LogP contribution in [0.5, 0.6) is 0 Å². The summed E-state index contributed by atoms with van der Waals surface area (Å²) in [5.74, 6) is 0.965. The van der Waals surface area contributed by atoms with Crippen LogP contribution in [0, 0.1) is 5.92 Å². The zero-order valence-electron chi connectivity index (χ0n) is 15.5. The number of Topliss-reactive ketones (excluding diaryl/α,β-unsaturated/α-hetero) is 1. The lowest BCUT2D eigenvalue weighted by Crippen LogP contribution is -2.33. The van der Waals surface area contributed by atoms with E-state index in [9.17, 15) is 9.59 Å². The average molecular weight is 351 g/mol. The molecule has 1 aliphatic carbocycles. The third-order valence-electron chi connectivity index (χ3n) is 4.88. The van der Waals surface area contributed by atoms with E-state index in [0.717, 1.165) is 17.0 Å². The van der Waals surface area contributed by atoms with Gasteiger partial charge in [0.2, 0.25) is 5.91 Å². The van der Waals surface area contributed by atoms with Crippen molar-refractivity contribution < 1.29 is 9.59 Å². The van der Waals surface area contributed by atoms with Gasteiger partial charge >= 0.3 is 0 Å². The lowest BCUT2D eigenvalue weighted by molar-refractivity contribution is -0.123. The Bertz CT molecular complexity index is 834. The standard InChI is InChI=1S/C21H25N3O2/c1-14(2)20(21-22-11-12-24(21)3)23-19(26)13-17-16(9-10-18(17)25)15-7-5-4-6-8-15/h4-8,11-12,14,20H,9-10,13H2,1-3H3,(H,23,26)/t20-/m1/s1. The predicted octanol–water partition coefficient (Wildman–Crippen LogP) is 3.44. The van der Waals surface area contributed by atoms with Crippen LogP contribution in [-0.2, 0) is 16.6 Å². The number of imidazole rings is 1. The van der Waals surface area contributed by atoms with Gasteiger partial charge in [0.15, 0.2) is 5.78 Å². The Morgan fingerprint density at radius 2 is 1.96 bits per heavy atom. The molecule has 1 aliphatic rings. The van der Waals surface area contributed by atoms with Crippen molar-refractivity contribution in [1.82, 2.24) is 14.9 Å². The fourth-order valence-electron chi connectivity index (χ4n) is 3.46. The van der Waals surface area contributed by atoms with Crippen LogP contribution in [0.15, 0.2) is 48.3 Å². The second-order valence-electron chi connectivity index (χ2n) is 7.11. The molecule has 0 saturated carbocycles. The smallest absolute Gasteiger partial charge is 0.225 e. The molecule has 0 bridgehead atoms. The Balaban J connectivity index is 1.79. The van der Waals surface area contributed by atoms with E-state index in [-0.39, 0.29) is 30.1 Å². The highest BCUT2D eigenvalue weighted by atomic mass is 16.2. The normalized spacial score (nSPS) is 15.6. The average Bonchev–Trinajstić information content (AvgIpc) is 3.20. The number of allylic oxidation sites excluding steroid dienone is 1. The van der Waals surface area contributed by atoms with Crippen LogP contribution < -0.4 is 5.32 Å². The highest BCUT2D eigenvalue weighted by molar-refractivity contribution is 6.10. The summed E-state index contributed by atoms with van der Waals surface area (Å²) in [6.45, 7) is 4.10. The topological polar surface area (TPSA) is 64.0 Å². The first-order valence-electron chi connectivity index (χ1n) is 9.04. The minimum Gasteiger partial charge on any atom is -0.346 e. The minimum atomic E-state index is -0.181. The SMILES string of the molecule is CC(C)[C@@H](NC(=O)CC1=C(c2ccccc2)CCC1=O)c1nccn1C. The number of aryl methyl sites for hydroxylation is 1. The first-order chi connectivity index (χ1) is 12.5. The number of carbonyl (C=O) groups excluding carboxylic acids is 2. The summed E-state index contributed by atoms with van der Waals surface area (Å²) in [5, 5.41) is 3.07. The molecule has 2 aromatic rings. The number of benzene rings is 1. The molecule has 0 spiro atoms. The summed E-state index contributed by atoms with van der Waals surface area (Å²) in [6.07, 6.45) is 4.91. The highest BCUT2D eigenvalue weighted by Gasteiger charge is 2.28. The second kappa shape index (κ2) is 7.68. The van der Waals surface area contributed by atoms with Crippen LogP contribution in [0.1, 0.15) is 50.5 Å². The van der Waals surface area contributed by atoms with Crippen molar-refractivity contribution >= 4 is 17.3 Å². The molecule has 0 unspecified atom stereocenters. The maximum Gasteiger partial charge on any atom is 0.225 e. The quantitative estimate of drug-likeness (QED) is 0.867. The molecule has 0 radical (unpaired) electrons. The summed E-state index contributed by atoms with van der Waals surface area (Å²) in [6, 6.07) is 9.68. The van der Waals surface area contributed by atoms with E-state index in [1.54, 1.807) is 6.20 Å². The zero-order chi connectivity index (χ0) is 18.7. The highest BCUT2D eigenvalue weighted by Crippen LogP contribution is 2.33. The molecule has 136 valence electrons. The van der Waals surface area contributed by atoms with Gasteiger partial charge in [0.25, 0.3) is 0 Å². The number of aromatic nitrogens is 2. The lowest BCUT2D eigenvalue weighted by atomic mass is 9.99. The molecule has 0 saturated heterocycles. The van der Waals surface area contributed by atoms with Gasteiger partial charge in [0, 0.05) is 31.4 Å². The van der Waals surface area contributed by atoms with Gasteiger partial charge in [-0.2, -0.15) is 0 Å². The monoisotopic (exact) mass is 351 g/mol. The maximum atomic E-state index is 12.7. The third kappa shape index (κ3) is 3.77. The van der Waals surface area contributed by atoms with E-state index < -0.39 is 0 Å². The first-order valence-corrected chi connectivity index (χ1v) is 9.04. The summed E-state index contributed by atoms with van der Waals surface area (Å²) in [7, 11) is 1.92. The number of hydrogen-bond acceptors (Lipinski definition) is 3. The van der Waals surface area contributed by atoms with Crippen molar-refractivity contribution in [2.75, 3.05) is 0 Å². The lowest BCUT2D eigenvalue weighted by Gasteiger charge is -2.22. The van der Waals surface area contributed by atoms with E-state index in [1.165, 1.54) is 0 Å². The molecule has 3 rings (SSSR count). The second-order valence-corrected chi connectivity index (χ2v) is 7.11. The van der Waals surface area contributed by atoms with Crippen LogP contribution in [0.4, 0.5) is 0 Å². The molecule has 1 aromatic carbocycles. The van der Waals surface area contributed by atoms with Gasteiger partial charge in [-0.15, -0.1) is 0 Å². The molecule has 0 aliphatic heterocycles. The number of carbonyl (C=O) groups is 2. The van der Waals surface area contributed by atoms with Crippen molar-refractivity contribution in [3.05, 3.63) is 59.7 Å². The molecule has 5 nitrogen and oxygen atoms in total. The van der Waals surface area contributed by atoms with E-state index in [2.05, 4.69) is 24.1 Å². The van der Waals surface area contributed by atoms with Gasteiger partial charge in [0.1, 0.15) is 5.82 Å². The van der Waals surface area contributed by atoms with E-state index in [1.807, 2.05) is 48.1 Å². The minimum absolute atomic E-state index is 0.0806. The summed E-state index contributed by atoms with van der Waals surface area (Å²) in [5.41, 5.74) is 2.69. The van der Waals surface area contributed by atoms with E-state index in [4.69, 9.17) is 0 Å². The van der Waals surface area contributed by atoms with Gasteiger partial charge < -0.3 is 9.88 Å². The van der Waals surface area contributed by atoms with Crippen LogP contribution in [0.25, 0.3) is 5.57 Å². The summed E-state index contributed by atoms with van der Waals surface area (Å²) in [4.78, 5) is 29.4. The number of ketones is 1. The van der Waals surface area contributed by atoms with Crippen LogP contribution in [0.3, 0.4) is 0 Å². The molecule has 1 atom stereocenters. The fourth-order valence-corrected chi connectivity index (χ4v) is 3.46. The molecule has 0 fully saturated rings. The number of hydrogen-bond donors (Lipinski definition) is 1. The Morgan fingerprint density at radius 1 is 1.23 bits per heavy atom. The maximum absolute atomic E-state index is 12.7. The zero-order valence-corrected chi connectivity index (χ0v) is 15.5. The van der Waals surface area contributed by atoms with Crippen molar-refractivity contribution in [2.45, 2.75) is 39.2 Å². The van der Waals surface area contributed by atoms with Crippen molar-refractivity contribution in [2.24, 2.45) is 13.0 Å². The van der Waals surface area contributed by atoms with Crippen LogP contribution >= 0.6 is 0 Å². The molecular weight excluding hydrogens is 326 g/mol. The van der Waals surface area contributed by atoms with Crippen molar-refractivity contribution in [3.63, 3.8) is 0 Å². The van der Waals surface area contributed by atoms with Gasteiger partial charge in [-0.1, -0.05) is 44.2 Å². The predicted molar refractivity (Wildman–Crippen MR) is 101 cm³/mol. The molecular formula is C21H25N3O2. The Labute approximate surface area is 154 Å². The molecule has 5 heteroatoms. The molecule has 1 aromatic heterocycles. The van der Waals surface area contributed by atoms with Gasteiger partial charge in [0.05, 0.1) is 12.5 Å². The van der Waals surface area contributed by atoms with Crippen molar-refractivity contribution in [1.29, 1.82) is 0 Å². The number of nitrogens with one attached hydrogen (secondary N) is 1. The molecule has 1 N–H and O–H groups in total. The van der Waals surface area contributed by atoms with Gasteiger partial charge in [-0.05, 0) is 23.5 Å². The number of nitrogens with zero attached hydrogens (tertiary/aromatic N) is 2. The van der Waals surface area contributed by atoms with Gasteiger partial charge in [-0.3, -0.25) is 9.59 Å². The van der Waals surface area contributed by atoms with Gasteiger partial charge in [-0.25, -0.2) is 4.98 Å². The Morgan fingerprint density at radius 3 is 2.58 bits per heavy atom.